The van der Waals surface area contributed by atoms with E-state index in [1.165, 1.54) is 0 Å². The van der Waals surface area contributed by atoms with Crippen molar-refractivity contribution in [3.05, 3.63) is 60.2 Å². The lowest BCUT2D eigenvalue weighted by Gasteiger charge is -2.19. The highest BCUT2D eigenvalue weighted by Crippen LogP contribution is 2.24. The van der Waals surface area contributed by atoms with Gasteiger partial charge in [0.05, 0.1) is 12.6 Å². The first kappa shape index (κ1) is 17.9. The number of aliphatic hydroxyl groups excluding tert-OH is 1. The molecular formula is C20H23N3O3. The second kappa shape index (κ2) is 8.49. The van der Waals surface area contributed by atoms with Crippen LogP contribution in [0.5, 0.6) is 0 Å². The quantitative estimate of drug-likeness (QED) is 0.746. The number of urea groups is 1. The molecule has 26 heavy (non-hydrogen) atoms. The molecule has 0 unspecified atom stereocenters. The molecule has 3 amide bonds. The Hall–Kier alpha value is -2.86. The average Bonchev–Trinajstić information content (AvgIpc) is 3.08. The van der Waals surface area contributed by atoms with E-state index < -0.39 is 0 Å². The fourth-order valence-electron chi connectivity index (χ4n) is 3.09. The summed E-state index contributed by atoms with van der Waals surface area (Å²) in [5.41, 5.74) is 2.44. The fraction of sp³-hybridized carbons (Fsp3) is 0.300. The van der Waals surface area contributed by atoms with E-state index in [0.717, 1.165) is 17.7 Å². The Labute approximate surface area is 152 Å². The first-order valence-corrected chi connectivity index (χ1v) is 8.78. The SMILES string of the molecule is O=C(Nc1cccc(N2CCCC2=O)c1)N[C@H](CO)Cc1ccccc1. The summed E-state index contributed by atoms with van der Waals surface area (Å²) in [5.74, 6) is 0.106. The molecule has 1 heterocycles. The summed E-state index contributed by atoms with van der Waals surface area (Å²) < 4.78 is 0. The van der Waals surface area contributed by atoms with Crippen LogP contribution in [-0.4, -0.2) is 36.2 Å². The Morgan fingerprint density at radius 3 is 2.65 bits per heavy atom. The zero-order chi connectivity index (χ0) is 18.4. The van der Waals surface area contributed by atoms with Gasteiger partial charge < -0.3 is 20.6 Å². The summed E-state index contributed by atoms with van der Waals surface area (Å²) >= 11 is 0. The number of anilines is 2. The number of carbonyl (C=O) groups is 2. The van der Waals surface area contributed by atoms with Gasteiger partial charge in [0.25, 0.3) is 0 Å². The van der Waals surface area contributed by atoms with Crippen LogP contribution in [0.2, 0.25) is 0 Å². The van der Waals surface area contributed by atoms with Crippen molar-refractivity contribution in [1.82, 2.24) is 5.32 Å². The molecule has 0 aliphatic carbocycles. The highest BCUT2D eigenvalue weighted by atomic mass is 16.3. The van der Waals surface area contributed by atoms with Crippen LogP contribution in [0.15, 0.2) is 54.6 Å². The highest BCUT2D eigenvalue weighted by molar-refractivity contribution is 5.96. The number of hydrogen-bond donors (Lipinski definition) is 3. The lowest BCUT2D eigenvalue weighted by molar-refractivity contribution is -0.117. The largest absolute Gasteiger partial charge is 0.394 e. The highest BCUT2D eigenvalue weighted by Gasteiger charge is 2.22. The van der Waals surface area contributed by atoms with E-state index in [-0.39, 0.29) is 24.6 Å². The summed E-state index contributed by atoms with van der Waals surface area (Å²) in [7, 11) is 0. The maximum atomic E-state index is 12.3. The van der Waals surface area contributed by atoms with E-state index in [0.29, 0.717) is 25.1 Å². The van der Waals surface area contributed by atoms with Crippen molar-refractivity contribution in [2.24, 2.45) is 0 Å². The first-order valence-electron chi connectivity index (χ1n) is 8.78. The molecular weight excluding hydrogens is 330 g/mol. The molecule has 6 nitrogen and oxygen atoms in total. The van der Waals surface area contributed by atoms with E-state index in [1.54, 1.807) is 17.0 Å². The van der Waals surface area contributed by atoms with Crippen molar-refractivity contribution < 1.29 is 14.7 Å². The Morgan fingerprint density at radius 1 is 1.15 bits per heavy atom. The van der Waals surface area contributed by atoms with Crippen molar-refractivity contribution >= 4 is 23.3 Å². The molecule has 0 spiro atoms. The minimum absolute atomic E-state index is 0.106. The maximum absolute atomic E-state index is 12.3. The smallest absolute Gasteiger partial charge is 0.319 e. The molecule has 0 aromatic heterocycles. The van der Waals surface area contributed by atoms with E-state index in [2.05, 4.69) is 10.6 Å². The Kier molecular flexibility index (Phi) is 5.86. The van der Waals surface area contributed by atoms with Gasteiger partial charge in [-0.1, -0.05) is 36.4 Å². The van der Waals surface area contributed by atoms with Gasteiger partial charge in [-0.25, -0.2) is 4.79 Å². The van der Waals surface area contributed by atoms with Gasteiger partial charge in [0.2, 0.25) is 5.91 Å². The standard InChI is InChI=1S/C20H23N3O3/c24-14-17(12-15-6-2-1-3-7-15)22-20(26)21-16-8-4-9-18(13-16)23-11-5-10-19(23)25/h1-4,6-9,13,17,24H,5,10-12,14H2,(H2,21,22,26)/t17-/m0/s1. The lowest BCUT2D eigenvalue weighted by atomic mass is 10.1. The van der Waals surface area contributed by atoms with Gasteiger partial charge in [0, 0.05) is 24.3 Å². The molecule has 1 aliphatic heterocycles. The van der Waals surface area contributed by atoms with Crippen molar-refractivity contribution in [2.75, 3.05) is 23.4 Å². The van der Waals surface area contributed by atoms with Crippen LogP contribution < -0.4 is 15.5 Å². The molecule has 3 N–H and O–H groups in total. The second-order valence-electron chi connectivity index (χ2n) is 6.37. The molecule has 0 saturated carbocycles. The van der Waals surface area contributed by atoms with E-state index in [4.69, 9.17) is 0 Å². The van der Waals surface area contributed by atoms with Gasteiger partial charge in [-0.2, -0.15) is 0 Å². The summed E-state index contributed by atoms with van der Waals surface area (Å²) in [4.78, 5) is 25.9. The van der Waals surface area contributed by atoms with Crippen LogP contribution in [0.1, 0.15) is 18.4 Å². The predicted molar refractivity (Wildman–Crippen MR) is 101 cm³/mol. The number of nitrogens with zero attached hydrogens (tertiary/aromatic N) is 1. The average molecular weight is 353 g/mol. The Balaban J connectivity index is 1.59. The maximum Gasteiger partial charge on any atom is 0.319 e. The van der Waals surface area contributed by atoms with Crippen LogP contribution in [0, 0.1) is 0 Å². The predicted octanol–water partition coefficient (Wildman–Crippen LogP) is 2.54. The molecule has 1 fully saturated rings. The number of aliphatic hydroxyl groups is 1. The van der Waals surface area contributed by atoms with Crippen molar-refractivity contribution in [3.63, 3.8) is 0 Å². The molecule has 1 aliphatic rings. The summed E-state index contributed by atoms with van der Waals surface area (Å²) in [6.45, 7) is 0.558. The van der Waals surface area contributed by atoms with Gasteiger partial charge in [0.1, 0.15) is 0 Å². The zero-order valence-corrected chi connectivity index (χ0v) is 14.5. The van der Waals surface area contributed by atoms with Crippen LogP contribution >= 0.6 is 0 Å². The van der Waals surface area contributed by atoms with Gasteiger partial charge >= 0.3 is 6.03 Å². The Morgan fingerprint density at radius 2 is 1.96 bits per heavy atom. The topological polar surface area (TPSA) is 81.7 Å². The van der Waals surface area contributed by atoms with E-state index in [9.17, 15) is 14.7 Å². The van der Waals surface area contributed by atoms with Crippen molar-refractivity contribution in [2.45, 2.75) is 25.3 Å². The van der Waals surface area contributed by atoms with Crippen molar-refractivity contribution in [1.29, 1.82) is 0 Å². The summed E-state index contributed by atoms with van der Waals surface area (Å²) in [6.07, 6.45) is 1.97. The molecule has 2 aromatic carbocycles. The van der Waals surface area contributed by atoms with Crippen LogP contribution in [0.3, 0.4) is 0 Å². The van der Waals surface area contributed by atoms with Crippen LogP contribution in [0.4, 0.5) is 16.2 Å². The van der Waals surface area contributed by atoms with Gasteiger partial charge in [-0.05, 0) is 36.6 Å². The molecule has 6 heteroatoms. The van der Waals surface area contributed by atoms with Gasteiger partial charge in [0.15, 0.2) is 0 Å². The normalized spacial score (nSPS) is 15.0. The number of rotatable bonds is 6. The number of nitrogens with one attached hydrogen (secondary N) is 2. The number of hydrogen-bond acceptors (Lipinski definition) is 3. The number of carbonyl (C=O) groups excluding carboxylic acids is 2. The van der Waals surface area contributed by atoms with Crippen LogP contribution in [-0.2, 0) is 11.2 Å². The van der Waals surface area contributed by atoms with Crippen LogP contribution in [0.25, 0.3) is 0 Å². The molecule has 136 valence electrons. The molecule has 1 atom stereocenters. The zero-order valence-electron chi connectivity index (χ0n) is 14.5. The summed E-state index contributed by atoms with van der Waals surface area (Å²) in [6, 6.07) is 16.2. The molecule has 1 saturated heterocycles. The van der Waals surface area contributed by atoms with Gasteiger partial charge in [-0.15, -0.1) is 0 Å². The van der Waals surface area contributed by atoms with Crippen molar-refractivity contribution in [3.8, 4) is 0 Å². The molecule has 0 radical (unpaired) electrons. The summed E-state index contributed by atoms with van der Waals surface area (Å²) in [5, 5.41) is 15.1. The first-order chi connectivity index (χ1) is 12.7. The van der Waals surface area contributed by atoms with Gasteiger partial charge in [-0.3, -0.25) is 4.79 Å². The molecule has 0 bridgehead atoms. The third-order valence-corrected chi connectivity index (χ3v) is 4.37. The lowest BCUT2D eigenvalue weighted by Crippen LogP contribution is -2.41. The fourth-order valence-corrected chi connectivity index (χ4v) is 3.09. The third kappa shape index (κ3) is 4.61. The molecule has 3 rings (SSSR count). The monoisotopic (exact) mass is 353 g/mol. The minimum Gasteiger partial charge on any atom is -0.394 e. The minimum atomic E-state index is -0.384. The number of benzene rings is 2. The van der Waals surface area contributed by atoms with E-state index in [1.807, 2.05) is 42.5 Å². The Bertz CT molecular complexity index is 764. The third-order valence-electron chi connectivity index (χ3n) is 4.37. The second-order valence-corrected chi connectivity index (χ2v) is 6.37. The van der Waals surface area contributed by atoms with E-state index >= 15 is 0 Å². The molecule has 2 aromatic rings. The number of amides is 3.